The number of carboxylic acid groups (broad SMARTS) is 2. The third kappa shape index (κ3) is 5.52. The number of aliphatic hydroxyl groups excluding tert-OH is 1. The molecule has 42 heavy (non-hydrogen) atoms. The number of primary sulfonamides is 1. The highest BCUT2D eigenvalue weighted by atomic mass is 32.2. The average Bonchev–Trinajstić information content (AvgIpc) is 3.32. The van der Waals surface area contributed by atoms with Crippen LogP contribution < -0.4 is 16.2 Å². The first-order valence-corrected chi connectivity index (χ1v) is 13.7. The van der Waals surface area contributed by atoms with Crippen LogP contribution in [0.3, 0.4) is 0 Å². The molecule has 0 bridgehead atoms. The molecular formula is C26H26N6O9S. The minimum absolute atomic E-state index is 0.00935. The largest absolute Gasteiger partial charge is 0.509 e. The molecule has 0 saturated heterocycles. The molecule has 2 aromatic carbocycles. The second-order valence-electron chi connectivity index (χ2n) is 9.59. The molecule has 1 heterocycles. The Morgan fingerprint density at radius 3 is 2.43 bits per heavy atom. The number of imidazole rings is 1. The lowest BCUT2D eigenvalue weighted by atomic mass is 9.83. The Morgan fingerprint density at radius 1 is 1.14 bits per heavy atom. The average molecular weight is 599 g/mol. The number of aromatic hydroxyl groups is 1. The summed E-state index contributed by atoms with van der Waals surface area (Å²) in [6.45, 7) is 0. The van der Waals surface area contributed by atoms with Gasteiger partial charge in [-0.3, -0.25) is 15.0 Å². The van der Waals surface area contributed by atoms with E-state index in [1.165, 1.54) is 48.5 Å². The maximum atomic E-state index is 13.4. The fourth-order valence-electron chi connectivity index (χ4n) is 4.73. The van der Waals surface area contributed by atoms with E-state index in [1.807, 2.05) is 0 Å². The van der Waals surface area contributed by atoms with E-state index in [2.05, 4.69) is 15.3 Å². The number of hydrogen-bond acceptors (Lipinski definition) is 9. The molecule has 0 aliphatic heterocycles. The number of nitrogens with one attached hydrogen (secondary N) is 3. The maximum absolute atomic E-state index is 13.4. The summed E-state index contributed by atoms with van der Waals surface area (Å²) in [5.41, 5.74) is 6.16. The number of para-hydroxylation sites is 1. The smallest absolute Gasteiger partial charge is 0.326 e. The van der Waals surface area contributed by atoms with E-state index >= 15 is 0 Å². The number of rotatable bonds is 10. The van der Waals surface area contributed by atoms with Gasteiger partial charge in [-0.2, -0.15) is 0 Å². The zero-order chi connectivity index (χ0) is 31.0. The minimum Gasteiger partial charge on any atom is -0.509 e. The number of carbonyl (C=O) groups is 3. The van der Waals surface area contributed by atoms with Gasteiger partial charge in [-0.1, -0.05) is 29.8 Å². The zero-order valence-electron chi connectivity index (χ0n) is 21.7. The highest BCUT2D eigenvalue weighted by Gasteiger charge is 2.54. The van der Waals surface area contributed by atoms with Crippen molar-refractivity contribution < 1.29 is 43.2 Å². The Morgan fingerprint density at radius 2 is 1.83 bits per heavy atom. The SMILES string of the molecule is N=C(N)c1ccc2nc(C3(S(N)(=O)=O)CC(CC(=O)NC(CC(=O)O)C(=O)O)=CC(c4ccccc4O)=C3O)[nH]c2c1. The standard InChI is InChI=1S/C26H26N6O9S/c27-23(28)13-5-6-16-17(9-13)32-25(31-16)26(42(29,40)41)11-12(8-20(34)30-18(24(38)39)10-21(35)36)7-15(22(26)37)14-3-1-2-4-19(14)33/h1-7,9,18,33,37H,8,10-11H2,(H3,27,28)(H,30,34)(H,31,32)(H,35,36)(H,38,39)(H2,29,40,41). The van der Waals surface area contributed by atoms with Gasteiger partial charge < -0.3 is 36.5 Å². The number of aromatic nitrogens is 2. The second-order valence-corrected chi connectivity index (χ2v) is 11.4. The number of aliphatic carboxylic acids is 2. The number of phenolic OH excluding ortho intramolecular Hbond substituents is 1. The molecule has 0 radical (unpaired) electrons. The molecule has 11 N–H and O–H groups in total. The molecule has 15 nitrogen and oxygen atoms in total. The van der Waals surface area contributed by atoms with Crippen molar-refractivity contribution in [1.29, 1.82) is 5.41 Å². The van der Waals surface area contributed by atoms with E-state index in [9.17, 15) is 38.1 Å². The summed E-state index contributed by atoms with van der Waals surface area (Å²) in [4.78, 5) is 42.5. The van der Waals surface area contributed by atoms with Gasteiger partial charge in [0.2, 0.25) is 20.7 Å². The van der Waals surface area contributed by atoms with Crippen LogP contribution in [0.5, 0.6) is 5.75 Å². The Kier molecular flexibility index (Phi) is 7.78. The molecular weight excluding hydrogens is 572 g/mol. The number of aliphatic hydroxyl groups is 1. The van der Waals surface area contributed by atoms with Gasteiger partial charge in [-0.25, -0.2) is 23.3 Å². The summed E-state index contributed by atoms with van der Waals surface area (Å²) < 4.78 is 24.3. The monoisotopic (exact) mass is 598 g/mol. The number of nitrogens with two attached hydrogens (primary N) is 2. The molecule has 0 spiro atoms. The Labute approximate surface area is 237 Å². The van der Waals surface area contributed by atoms with E-state index in [4.69, 9.17) is 21.4 Å². The van der Waals surface area contributed by atoms with E-state index in [-0.39, 0.29) is 45.2 Å². The topological polar surface area (TPSA) is 283 Å². The van der Waals surface area contributed by atoms with Gasteiger partial charge in [0.25, 0.3) is 0 Å². The normalized spacial score (nSPS) is 17.9. The van der Waals surface area contributed by atoms with Crippen LogP contribution in [-0.4, -0.2) is 68.5 Å². The summed E-state index contributed by atoms with van der Waals surface area (Å²) in [7, 11) is -4.83. The van der Waals surface area contributed by atoms with Crippen LogP contribution in [0.4, 0.5) is 0 Å². The first-order valence-electron chi connectivity index (χ1n) is 12.2. The number of amidine groups is 1. The first kappa shape index (κ1) is 29.8. The van der Waals surface area contributed by atoms with E-state index in [0.29, 0.717) is 5.56 Å². The number of fused-ring (bicyclic) bond motifs is 1. The Hall–Kier alpha value is -5.22. The lowest BCUT2D eigenvalue weighted by molar-refractivity contribution is -0.147. The van der Waals surface area contributed by atoms with Gasteiger partial charge in [0.15, 0.2) is 0 Å². The highest BCUT2D eigenvalue weighted by Crippen LogP contribution is 2.48. The predicted octanol–water partition coefficient (Wildman–Crippen LogP) is 0.770. The number of nitrogen functional groups attached to an aromatic ring is 1. The van der Waals surface area contributed by atoms with E-state index in [1.54, 1.807) is 0 Å². The van der Waals surface area contributed by atoms with Crippen LogP contribution >= 0.6 is 0 Å². The third-order valence-electron chi connectivity index (χ3n) is 6.72. The van der Waals surface area contributed by atoms with Gasteiger partial charge >= 0.3 is 11.9 Å². The highest BCUT2D eigenvalue weighted by molar-refractivity contribution is 7.90. The van der Waals surface area contributed by atoms with E-state index in [0.717, 1.165) is 0 Å². The van der Waals surface area contributed by atoms with Gasteiger partial charge in [0.05, 0.1) is 17.5 Å². The minimum atomic E-state index is -4.83. The number of benzene rings is 2. The van der Waals surface area contributed by atoms with Crippen LogP contribution in [0.25, 0.3) is 16.6 Å². The van der Waals surface area contributed by atoms with Gasteiger partial charge in [-0.05, 0) is 24.3 Å². The lowest BCUT2D eigenvalue weighted by Gasteiger charge is -2.34. The summed E-state index contributed by atoms with van der Waals surface area (Å²) in [5, 5.41) is 55.9. The molecule has 1 amide bonds. The molecule has 16 heteroatoms. The molecule has 1 aliphatic carbocycles. The first-order chi connectivity index (χ1) is 19.6. The number of H-pyrrole nitrogens is 1. The molecule has 2 atom stereocenters. The van der Waals surface area contributed by atoms with Crippen LogP contribution in [-0.2, 0) is 29.2 Å². The van der Waals surface area contributed by atoms with Gasteiger partial charge in [0.1, 0.15) is 29.2 Å². The molecule has 1 aromatic heterocycles. The molecule has 3 aromatic rings. The number of sulfonamides is 1. The summed E-state index contributed by atoms with van der Waals surface area (Å²) in [5.74, 6) is -5.78. The van der Waals surface area contributed by atoms with Crippen molar-refractivity contribution in [2.75, 3.05) is 0 Å². The number of amides is 1. The molecule has 1 aliphatic rings. The molecule has 0 fully saturated rings. The van der Waals surface area contributed by atoms with E-state index < -0.39 is 63.7 Å². The zero-order valence-corrected chi connectivity index (χ0v) is 22.5. The predicted molar refractivity (Wildman–Crippen MR) is 149 cm³/mol. The second kappa shape index (κ2) is 11.0. The third-order valence-corrected chi connectivity index (χ3v) is 8.22. The van der Waals surface area contributed by atoms with Crippen molar-refractivity contribution in [2.24, 2.45) is 10.9 Å². The van der Waals surface area contributed by atoms with Crippen molar-refractivity contribution in [3.05, 3.63) is 76.8 Å². The molecule has 220 valence electrons. The molecule has 4 rings (SSSR count). The Bertz CT molecular complexity index is 1810. The van der Waals surface area contributed by atoms with Crippen molar-refractivity contribution in [1.82, 2.24) is 15.3 Å². The van der Waals surface area contributed by atoms with Crippen molar-refractivity contribution >= 4 is 50.3 Å². The number of hydrogen-bond donors (Lipinski definition) is 9. The van der Waals surface area contributed by atoms with Crippen molar-refractivity contribution in [3.8, 4) is 5.75 Å². The number of aromatic amines is 1. The fourth-order valence-corrected chi connectivity index (χ4v) is 5.86. The maximum Gasteiger partial charge on any atom is 0.326 e. The van der Waals surface area contributed by atoms with Gasteiger partial charge in [0, 0.05) is 29.5 Å². The fraction of sp³-hybridized carbons (Fsp3) is 0.192. The molecule has 0 saturated carbocycles. The van der Waals surface area contributed by atoms with Crippen molar-refractivity contribution in [2.45, 2.75) is 30.1 Å². The number of nitrogens with zero attached hydrogens (tertiary/aromatic N) is 1. The summed E-state index contributed by atoms with van der Waals surface area (Å²) in [6.07, 6.45) is -0.902. The lowest BCUT2D eigenvalue weighted by Crippen LogP contribution is -2.46. The van der Waals surface area contributed by atoms with Crippen LogP contribution in [0.1, 0.15) is 36.2 Å². The quantitative estimate of drug-likeness (QED) is 0.116. The number of carbonyl (C=O) groups excluding carboxylic acids is 1. The van der Waals surface area contributed by atoms with Crippen LogP contribution in [0.2, 0.25) is 0 Å². The molecule has 2 unspecified atom stereocenters. The van der Waals surface area contributed by atoms with Crippen molar-refractivity contribution in [3.63, 3.8) is 0 Å². The van der Waals surface area contributed by atoms with Crippen LogP contribution in [0.15, 0.2) is 59.9 Å². The van der Waals surface area contributed by atoms with Crippen LogP contribution in [0, 0.1) is 5.41 Å². The number of phenols is 1. The number of allylic oxidation sites excluding steroid dienone is 2. The van der Waals surface area contributed by atoms with Gasteiger partial charge in [-0.15, -0.1) is 0 Å². The Balaban J connectivity index is 1.90. The number of carboxylic acids is 2. The summed E-state index contributed by atoms with van der Waals surface area (Å²) in [6, 6.07) is 8.30. The summed E-state index contributed by atoms with van der Waals surface area (Å²) >= 11 is 0.